The van der Waals surface area contributed by atoms with Crippen LogP contribution in [0.5, 0.6) is 0 Å². The first-order valence-corrected chi connectivity index (χ1v) is 5.29. The molecule has 3 heteroatoms. The normalized spacial score (nSPS) is 10.0. The van der Waals surface area contributed by atoms with Crippen molar-refractivity contribution in [2.45, 2.75) is 13.8 Å². The van der Waals surface area contributed by atoms with Crippen LogP contribution in [0.2, 0.25) is 0 Å². The van der Waals surface area contributed by atoms with Gasteiger partial charge in [0.05, 0.1) is 0 Å². The molecule has 0 saturated heterocycles. The highest BCUT2D eigenvalue weighted by Crippen LogP contribution is 2.02. The molecule has 82 valence electrons. The van der Waals surface area contributed by atoms with Gasteiger partial charge in [-0.1, -0.05) is 24.6 Å². The molecule has 0 saturated carbocycles. The van der Waals surface area contributed by atoms with E-state index in [0.717, 1.165) is 24.2 Å². The maximum atomic E-state index is 11.6. The van der Waals surface area contributed by atoms with E-state index in [0.29, 0.717) is 6.54 Å². The van der Waals surface area contributed by atoms with Gasteiger partial charge >= 0.3 is 0 Å². The fraction of sp³-hybridized carbons (Fsp3) is 0.417. The smallest absolute Gasteiger partial charge is 0.251 e. The number of aryl methyl sites for hydroxylation is 1. The second-order valence-electron chi connectivity index (χ2n) is 3.48. The quantitative estimate of drug-likeness (QED) is 0.714. The van der Waals surface area contributed by atoms with Crippen LogP contribution in [0, 0.1) is 6.92 Å². The predicted molar refractivity (Wildman–Crippen MR) is 62.1 cm³/mol. The van der Waals surface area contributed by atoms with Crippen molar-refractivity contribution < 1.29 is 4.79 Å². The van der Waals surface area contributed by atoms with Crippen molar-refractivity contribution >= 4 is 5.91 Å². The third-order valence-electron chi connectivity index (χ3n) is 2.12. The second kappa shape index (κ2) is 6.19. The first-order valence-electron chi connectivity index (χ1n) is 5.29. The highest BCUT2D eigenvalue weighted by molar-refractivity contribution is 5.94. The maximum Gasteiger partial charge on any atom is 0.251 e. The Morgan fingerprint density at radius 2 is 2.13 bits per heavy atom. The third-order valence-corrected chi connectivity index (χ3v) is 2.12. The lowest BCUT2D eigenvalue weighted by atomic mass is 10.1. The van der Waals surface area contributed by atoms with Crippen LogP contribution < -0.4 is 10.6 Å². The summed E-state index contributed by atoms with van der Waals surface area (Å²) < 4.78 is 0. The van der Waals surface area contributed by atoms with Crippen molar-refractivity contribution in [1.29, 1.82) is 0 Å². The molecule has 0 radical (unpaired) electrons. The summed E-state index contributed by atoms with van der Waals surface area (Å²) in [6.07, 6.45) is 0. The molecule has 2 N–H and O–H groups in total. The topological polar surface area (TPSA) is 41.1 Å². The van der Waals surface area contributed by atoms with E-state index in [2.05, 4.69) is 10.6 Å². The highest BCUT2D eigenvalue weighted by Gasteiger charge is 2.03. The first-order chi connectivity index (χ1) is 7.24. The molecule has 1 amide bonds. The number of rotatable bonds is 5. The van der Waals surface area contributed by atoms with Crippen molar-refractivity contribution in [2.24, 2.45) is 0 Å². The largest absolute Gasteiger partial charge is 0.351 e. The van der Waals surface area contributed by atoms with Crippen molar-refractivity contribution in [3.05, 3.63) is 35.4 Å². The van der Waals surface area contributed by atoms with Gasteiger partial charge in [-0.05, 0) is 25.6 Å². The van der Waals surface area contributed by atoms with E-state index in [1.165, 1.54) is 0 Å². The number of carbonyl (C=O) groups excluding carboxylic acids is 1. The van der Waals surface area contributed by atoms with Crippen LogP contribution in [-0.4, -0.2) is 25.5 Å². The summed E-state index contributed by atoms with van der Waals surface area (Å²) in [5.41, 5.74) is 1.83. The maximum absolute atomic E-state index is 11.6. The van der Waals surface area contributed by atoms with Crippen molar-refractivity contribution in [2.75, 3.05) is 19.6 Å². The number of hydrogen-bond acceptors (Lipinski definition) is 2. The van der Waals surface area contributed by atoms with Crippen LogP contribution in [0.25, 0.3) is 0 Å². The molecule has 0 heterocycles. The van der Waals surface area contributed by atoms with Gasteiger partial charge in [-0.2, -0.15) is 0 Å². The van der Waals surface area contributed by atoms with Gasteiger partial charge in [0.2, 0.25) is 0 Å². The molecule has 1 rings (SSSR count). The Bertz CT molecular complexity index is 323. The number of hydrogen-bond donors (Lipinski definition) is 2. The van der Waals surface area contributed by atoms with E-state index in [1.807, 2.05) is 38.1 Å². The first kappa shape index (κ1) is 11.7. The summed E-state index contributed by atoms with van der Waals surface area (Å²) in [5, 5.41) is 6.01. The van der Waals surface area contributed by atoms with E-state index in [9.17, 15) is 4.79 Å². The fourth-order valence-corrected chi connectivity index (χ4v) is 1.33. The van der Waals surface area contributed by atoms with E-state index >= 15 is 0 Å². The van der Waals surface area contributed by atoms with Gasteiger partial charge in [-0.3, -0.25) is 4.79 Å². The van der Waals surface area contributed by atoms with Crippen LogP contribution in [0.1, 0.15) is 22.8 Å². The average molecular weight is 206 g/mol. The Labute approximate surface area is 90.9 Å². The molecule has 0 unspecified atom stereocenters. The van der Waals surface area contributed by atoms with Gasteiger partial charge < -0.3 is 10.6 Å². The monoisotopic (exact) mass is 206 g/mol. The standard InChI is InChI=1S/C12H18N2O/c1-3-13-7-8-14-12(15)11-6-4-5-10(2)9-11/h4-6,9,13H,3,7-8H2,1-2H3,(H,14,15). The Balaban J connectivity index is 2.40. The molecule has 3 nitrogen and oxygen atoms in total. The third kappa shape index (κ3) is 4.13. The van der Waals surface area contributed by atoms with Crippen LogP contribution >= 0.6 is 0 Å². The van der Waals surface area contributed by atoms with Gasteiger partial charge in [0.1, 0.15) is 0 Å². The molecule has 0 aliphatic carbocycles. The predicted octanol–water partition coefficient (Wildman–Crippen LogP) is 1.33. The Kier molecular flexibility index (Phi) is 4.84. The van der Waals surface area contributed by atoms with Crippen LogP contribution in [0.3, 0.4) is 0 Å². The number of likely N-dealkylation sites (N-methyl/N-ethyl adjacent to an activating group) is 1. The molecule has 0 spiro atoms. The summed E-state index contributed by atoms with van der Waals surface area (Å²) in [4.78, 5) is 11.6. The van der Waals surface area contributed by atoms with Gasteiger partial charge in [-0.15, -0.1) is 0 Å². The molecule has 0 atom stereocenters. The molecule has 1 aromatic rings. The Hall–Kier alpha value is -1.35. The van der Waals surface area contributed by atoms with E-state index in [1.54, 1.807) is 0 Å². The highest BCUT2D eigenvalue weighted by atomic mass is 16.1. The Morgan fingerprint density at radius 3 is 2.80 bits per heavy atom. The molecule has 0 aliphatic heterocycles. The number of amides is 1. The lowest BCUT2D eigenvalue weighted by Crippen LogP contribution is -2.31. The lowest BCUT2D eigenvalue weighted by molar-refractivity contribution is 0.0954. The van der Waals surface area contributed by atoms with Gasteiger partial charge in [0, 0.05) is 18.7 Å². The van der Waals surface area contributed by atoms with Crippen LogP contribution in [0.4, 0.5) is 0 Å². The molecule has 0 bridgehead atoms. The van der Waals surface area contributed by atoms with E-state index < -0.39 is 0 Å². The minimum atomic E-state index is -0.00315. The average Bonchev–Trinajstić information content (AvgIpc) is 2.24. The lowest BCUT2D eigenvalue weighted by Gasteiger charge is -2.05. The molecular weight excluding hydrogens is 188 g/mol. The minimum Gasteiger partial charge on any atom is -0.351 e. The van der Waals surface area contributed by atoms with E-state index in [4.69, 9.17) is 0 Å². The fourth-order valence-electron chi connectivity index (χ4n) is 1.33. The van der Waals surface area contributed by atoms with Crippen molar-refractivity contribution in [3.63, 3.8) is 0 Å². The zero-order chi connectivity index (χ0) is 11.1. The summed E-state index contributed by atoms with van der Waals surface area (Å²) in [6.45, 7) is 6.44. The second-order valence-corrected chi connectivity index (χ2v) is 3.48. The minimum absolute atomic E-state index is 0.00315. The molecule has 0 aromatic heterocycles. The summed E-state index contributed by atoms with van der Waals surface area (Å²) in [6, 6.07) is 7.60. The van der Waals surface area contributed by atoms with Gasteiger partial charge in [0.15, 0.2) is 0 Å². The molecular formula is C12H18N2O. The zero-order valence-corrected chi connectivity index (χ0v) is 9.34. The molecule has 0 aliphatic rings. The van der Waals surface area contributed by atoms with Crippen molar-refractivity contribution in [3.8, 4) is 0 Å². The summed E-state index contributed by atoms with van der Waals surface area (Å²) in [5.74, 6) is -0.00315. The number of carbonyl (C=O) groups is 1. The summed E-state index contributed by atoms with van der Waals surface area (Å²) >= 11 is 0. The van der Waals surface area contributed by atoms with Crippen LogP contribution in [0.15, 0.2) is 24.3 Å². The van der Waals surface area contributed by atoms with E-state index in [-0.39, 0.29) is 5.91 Å². The van der Waals surface area contributed by atoms with Gasteiger partial charge in [0.25, 0.3) is 5.91 Å². The SMILES string of the molecule is CCNCCNC(=O)c1cccc(C)c1. The Morgan fingerprint density at radius 1 is 1.33 bits per heavy atom. The van der Waals surface area contributed by atoms with Gasteiger partial charge in [-0.25, -0.2) is 0 Å². The zero-order valence-electron chi connectivity index (χ0n) is 9.34. The number of nitrogens with one attached hydrogen (secondary N) is 2. The van der Waals surface area contributed by atoms with Crippen molar-refractivity contribution in [1.82, 2.24) is 10.6 Å². The molecule has 15 heavy (non-hydrogen) atoms. The molecule has 1 aromatic carbocycles. The summed E-state index contributed by atoms with van der Waals surface area (Å²) in [7, 11) is 0. The molecule has 0 fully saturated rings. The number of benzene rings is 1. The van der Waals surface area contributed by atoms with Crippen LogP contribution in [-0.2, 0) is 0 Å².